The molecule has 1 aliphatic rings. The van der Waals surface area contributed by atoms with E-state index in [2.05, 4.69) is 15.5 Å². The summed E-state index contributed by atoms with van der Waals surface area (Å²) in [7, 11) is 0. The molecule has 0 bridgehead atoms. The highest BCUT2D eigenvalue weighted by Gasteiger charge is 2.32. The van der Waals surface area contributed by atoms with Crippen LogP contribution in [0.1, 0.15) is 10.9 Å². The highest BCUT2D eigenvalue weighted by atomic mass is 35.5. The number of H-pyrrole nitrogens is 1. The van der Waals surface area contributed by atoms with E-state index in [1.165, 1.54) is 0 Å². The molecule has 1 aromatic carbocycles. The van der Waals surface area contributed by atoms with Gasteiger partial charge in [0.05, 0.1) is 17.3 Å². The number of nitrogens with one attached hydrogen (secondary N) is 2. The first-order valence-electron chi connectivity index (χ1n) is 6.05. The second-order valence-corrected chi connectivity index (χ2v) is 6.05. The maximum Gasteiger partial charge on any atom is 0.321 e. The molecule has 0 spiro atoms. The highest BCUT2D eigenvalue weighted by Crippen LogP contribution is 2.37. The molecule has 20 heavy (non-hydrogen) atoms. The Kier molecular flexibility index (Phi) is 3.69. The summed E-state index contributed by atoms with van der Waals surface area (Å²) in [4.78, 5) is 11.0. The predicted molar refractivity (Wildman–Crippen MR) is 78.8 cm³/mol. The Hall–Kier alpha value is -1.50. The standard InChI is InChI=1S/C13H12ClN3O2S/c14-8-3-1-7(2-4-8)11-9(5-15-17-11)12-16-10(6-20-12)13(18)19/h1-5,10,12,16H,6H2,(H,15,17)(H,18,19)/t10-,12-/m0/s1. The third-order valence-electron chi connectivity index (χ3n) is 3.16. The Balaban J connectivity index is 1.87. The zero-order valence-corrected chi connectivity index (χ0v) is 11.9. The van der Waals surface area contributed by atoms with Crippen LogP contribution in [0.3, 0.4) is 0 Å². The molecule has 2 heterocycles. The van der Waals surface area contributed by atoms with Gasteiger partial charge in [-0.05, 0) is 17.7 Å². The molecule has 0 unspecified atom stereocenters. The molecule has 7 heteroatoms. The van der Waals surface area contributed by atoms with Gasteiger partial charge in [0.2, 0.25) is 0 Å². The lowest BCUT2D eigenvalue weighted by Crippen LogP contribution is -2.33. The van der Waals surface area contributed by atoms with Crippen LogP contribution in [0.15, 0.2) is 30.5 Å². The molecule has 2 aromatic rings. The Labute approximate surface area is 124 Å². The van der Waals surface area contributed by atoms with Crippen LogP contribution in [0.25, 0.3) is 11.3 Å². The number of nitrogens with zero attached hydrogens (tertiary/aromatic N) is 1. The molecule has 1 aromatic heterocycles. The fraction of sp³-hybridized carbons (Fsp3) is 0.231. The minimum atomic E-state index is -0.823. The van der Waals surface area contributed by atoms with Crippen molar-refractivity contribution < 1.29 is 9.90 Å². The summed E-state index contributed by atoms with van der Waals surface area (Å²) in [6, 6.07) is 6.94. The molecular formula is C13H12ClN3O2S. The summed E-state index contributed by atoms with van der Waals surface area (Å²) >= 11 is 7.46. The summed E-state index contributed by atoms with van der Waals surface area (Å²) in [5.41, 5.74) is 2.82. The largest absolute Gasteiger partial charge is 0.480 e. The van der Waals surface area contributed by atoms with Crippen LogP contribution in [0.5, 0.6) is 0 Å². The minimum Gasteiger partial charge on any atom is -0.480 e. The predicted octanol–water partition coefficient (Wildman–Crippen LogP) is 2.52. The Morgan fingerprint density at radius 2 is 2.15 bits per heavy atom. The van der Waals surface area contributed by atoms with E-state index in [4.69, 9.17) is 16.7 Å². The zero-order valence-electron chi connectivity index (χ0n) is 10.3. The van der Waals surface area contributed by atoms with Crippen LogP contribution in [-0.2, 0) is 4.79 Å². The number of aromatic amines is 1. The average molecular weight is 310 g/mol. The van der Waals surface area contributed by atoms with Gasteiger partial charge in [0.25, 0.3) is 0 Å². The smallest absolute Gasteiger partial charge is 0.321 e. The molecule has 1 saturated heterocycles. The summed E-state index contributed by atoms with van der Waals surface area (Å²) < 4.78 is 0. The van der Waals surface area contributed by atoms with Crippen LogP contribution >= 0.6 is 23.4 Å². The topological polar surface area (TPSA) is 78.0 Å². The van der Waals surface area contributed by atoms with Gasteiger partial charge in [-0.2, -0.15) is 5.10 Å². The lowest BCUT2D eigenvalue weighted by molar-refractivity contribution is -0.138. The van der Waals surface area contributed by atoms with E-state index in [1.807, 2.05) is 24.3 Å². The Bertz CT molecular complexity index is 629. The Morgan fingerprint density at radius 1 is 1.40 bits per heavy atom. The van der Waals surface area contributed by atoms with Crippen LogP contribution in [0, 0.1) is 0 Å². The summed E-state index contributed by atoms with van der Waals surface area (Å²) in [5, 5.41) is 19.8. The minimum absolute atomic E-state index is 0.0690. The molecule has 3 N–H and O–H groups in total. The van der Waals surface area contributed by atoms with Crippen LogP contribution < -0.4 is 5.32 Å². The third kappa shape index (κ3) is 2.54. The molecule has 1 aliphatic heterocycles. The first-order chi connectivity index (χ1) is 9.65. The second kappa shape index (κ2) is 5.47. The number of hydrogen-bond donors (Lipinski definition) is 3. The van der Waals surface area contributed by atoms with Gasteiger partial charge in [0.15, 0.2) is 0 Å². The first kappa shape index (κ1) is 13.5. The second-order valence-electron chi connectivity index (χ2n) is 4.48. The number of halogens is 1. The maximum atomic E-state index is 11.0. The summed E-state index contributed by atoms with van der Waals surface area (Å²) in [6.45, 7) is 0. The van der Waals surface area contributed by atoms with Crippen molar-refractivity contribution in [2.45, 2.75) is 11.4 Å². The molecule has 0 saturated carbocycles. The fourth-order valence-electron chi connectivity index (χ4n) is 2.14. The van der Waals surface area contributed by atoms with Crippen LogP contribution in [0.4, 0.5) is 0 Å². The van der Waals surface area contributed by atoms with Crippen molar-refractivity contribution in [1.29, 1.82) is 0 Å². The number of thioether (sulfide) groups is 1. The maximum absolute atomic E-state index is 11.0. The Morgan fingerprint density at radius 3 is 2.80 bits per heavy atom. The highest BCUT2D eigenvalue weighted by molar-refractivity contribution is 7.99. The number of rotatable bonds is 3. The first-order valence-corrected chi connectivity index (χ1v) is 7.47. The summed E-state index contributed by atoms with van der Waals surface area (Å²) in [6.07, 6.45) is 1.73. The lowest BCUT2D eigenvalue weighted by Gasteiger charge is -2.11. The van der Waals surface area contributed by atoms with Gasteiger partial charge >= 0.3 is 5.97 Å². The van der Waals surface area contributed by atoms with Gasteiger partial charge in [-0.1, -0.05) is 23.7 Å². The van der Waals surface area contributed by atoms with Gasteiger partial charge in [0, 0.05) is 16.3 Å². The number of carbonyl (C=O) groups is 1. The van der Waals surface area contributed by atoms with E-state index in [-0.39, 0.29) is 5.37 Å². The van der Waals surface area contributed by atoms with E-state index in [9.17, 15) is 4.79 Å². The van der Waals surface area contributed by atoms with Crippen molar-refractivity contribution in [3.63, 3.8) is 0 Å². The quantitative estimate of drug-likeness (QED) is 0.812. The van der Waals surface area contributed by atoms with Gasteiger partial charge in [-0.25, -0.2) is 0 Å². The molecular weight excluding hydrogens is 298 g/mol. The van der Waals surface area contributed by atoms with E-state index in [0.717, 1.165) is 16.8 Å². The van der Waals surface area contributed by atoms with Gasteiger partial charge in [-0.3, -0.25) is 15.2 Å². The van der Waals surface area contributed by atoms with Gasteiger partial charge in [-0.15, -0.1) is 11.8 Å². The zero-order chi connectivity index (χ0) is 14.1. The van der Waals surface area contributed by atoms with Crippen LogP contribution in [0.2, 0.25) is 5.02 Å². The fourth-order valence-corrected chi connectivity index (χ4v) is 3.50. The van der Waals surface area contributed by atoms with Crippen molar-refractivity contribution in [3.05, 3.63) is 41.0 Å². The third-order valence-corrected chi connectivity index (χ3v) is 4.67. The number of carboxylic acid groups (broad SMARTS) is 1. The monoisotopic (exact) mass is 309 g/mol. The lowest BCUT2D eigenvalue weighted by atomic mass is 10.1. The average Bonchev–Trinajstić information content (AvgIpc) is 3.08. The SMILES string of the molecule is O=C(O)[C@@H]1CS[C@@H](c2cn[nH]c2-c2ccc(Cl)cc2)N1. The molecule has 0 amide bonds. The number of hydrogen-bond acceptors (Lipinski definition) is 4. The van der Waals surface area contributed by atoms with Crippen molar-refractivity contribution >= 4 is 29.3 Å². The van der Waals surface area contributed by atoms with Crippen molar-refractivity contribution in [2.24, 2.45) is 0 Å². The van der Waals surface area contributed by atoms with E-state index < -0.39 is 12.0 Å². The molecule has 2 atom stereocenters. The van der Waals surface area contributed by atoms with Crippen LogP contribution in [-0.4, -0.2) is 33.1 Å². The molecule has 3 rings (SSSR count). The number of carboxylic acids is 1. The normalized spacial score (nSPS) is 22.1. The number of aliphatic carboxylic acids is 1. The van der Waals surface area contributed by atoms with Crippen molar-refractivity contribution in [1.82, 2.24) is 15.5 Å². The molecule has 0 aliphatic carbocycles. The van der Waals surface area contributed by atoms with E-state index in [0.29, 0.717) is 10.8 Å². The van der Waals surface area contributed by atoms with Gasteiger partial charge in [0.1, 0.15) is 6.04 Å². The van der Waals surface area contributed by atoms with E-state index >= 15 is 0 Å². The summed E-state index contributed by atoms with van der Waals surface area (Å²) in [5.74, 6) is -0.276. The molecule has 5 nitrogen and oxygen atoms in total. The molecule has 0 radical (unpaired) electrons. The number of benzene rings is 1. The number of aromatic nitrogens is 2. The van der Waals surface area contributed by atoms with Crippen molar-refractivity contribution in [3.8, 4) is 11.3 Å². The molecule has 104 valence electrons. The van der Waals surface area contributed by atoms with Crippen molar-refractivity contribution in [2.75, 3.05) is 5.75 Å². The molecule has 1 fully saturated rings. The van der Waals surface area contributed by atoms with Gasteiger partial charge < -0.3 is 5.11 Å². The van der Waals surface area contributed by atoms with E-state index in [1.54, 1.807) is 18.0 Å².